The van der Waals surface area contributed by atoms with E-state index >= 15 is 0 Å². The quantitative estimate of drug-likeness (QED) is 0.426. The van der Waals surface area contributed by atoms with E-state index in [1.54, 1.807) is 23.5 Å². The number of carboxylic acid groups (broad SMARTS) is 1. The number of hydrogen-bond donors (Lipinski definition) is 1. The van der Waals surface area contributed by atoms with Gasteiger partial charge in [-0.3, -0.25) is 4.79 Å². The van der Waals surface area contributed by atoms with E-state index in [0.717, 1.165) is 27.4 Å². The molecule has 4 rings (SSSR count). The van der Waals surface area contributed by atoms with E-state index in [0.29, 0.717) is 12.2 Å². The molecule has 1 N–H and O–H groups in total. The predicted molar refractivity (Wildman–Crippen MR) is 117 cm³/mol. The largest absolute Gasteiger partial charge is 0.478 e. The molecular formula is C24H20N2O3S. The Morgan fingerprint density at radius 1 is 1.07 bits per heavy atom. The Kier molecular flexibility index (Phi) is 5.59. The van der Waals surface area contributed by atoms with Gasteiger partial charge in [0.15, 0.2) is 5.78 Å². The summed E-state index contributed by atoms with van der Waals surface area (Å²) in [5, 5.41) is 12.0. The van der Waals surface area contributed by atoms with Gasteiger partial charge in [0.25, 0.3) is 0 Å². The summed E-state index contributed by atoms with van der Waals surface area (Å²) in [5.74, 6) is -0.986. The van der Waals surface area contributed by atoms with Gasteiger partial charge in [-0.2, -0.15) is 0 Å². The molecule has 0 atom stereocenters. The van der Waals surface area contributed by atoms with Gasteiger partial charge in [0.05, 0.1) is 23.5 Å². The second kappa shape index (κ2) is 8.47. The summed E-state index contributed by atoms with van der Waals surface area (Å²) in [7, 11) is 0. The molecule has 0 spiro atoms. The van der Waals surface area contributed by atoms with Gasteiger partial charge in [-0.15, -0.1) is 11.3 Å². The number of carbonyl (C=O) groups is 2. The van der Waals surface area contributed by atoms with Crippen LogP contribution in [0.25, 0.3) is 10.6 Å². The Labute approximate surface area is 178 Å². The first-order valence-electron chi connectivity index (χ1n) is 9.51. The molecule has 0 aliphatic carbocycles. The third-order valence-corrected chi connectivity index (χ3v) is 5.73. The van der Waals surface area contributed by atoms with Gasteiger partial charge in [-0.1, -0.05) is 42.5 Å². The zero-order chi connectivity index (χ0) is 21.1. The van der Waals surface area contributed by atoms with Crippen LogP contribution in [0.1, 0.15) is 37.7 Å². The van der Waals surface area contributed by atoms with E-state index in [2.05, 4.69) is 0 Å². The van der Waals surface area contributed by atoms with Crippen LogP contribution in [0.15, 0.2) is 72.2 Å². The van der Waals surface area contributed by atoms with Crippen LogP contribution in [-0.2, 0) is 13.0 Å². The minimum atomic E-state index is -0.976. The molecular weight excluding hydrogens is 396 g/mol. The minimum Gasteiger partial charge on any atom is -0.478 e. The average Bonchev–Trinajstić information content (AvgIpc) is 3.36. The highest BCUT2D eigenvalue weighted by atomic mass is 32.1. The van der Waals surface area contributed by atoms with Crippen molar-refractivity contribution >= 4 is 23.1 Å². The van der Waals surface area contributed by atoms with E-state index in [1.807, 2.05) is 59.5 Å². The van der Waals surface area contributed by atoms with Crippen molar-refractivity contribution in [2.45, 2.75) is 19.9 Å². The average molecular weight is 417 g/mol. The topological polar surface area (TPSA) is 72.2 Å². The Morgan fingerprint density at radius 3 is 2.50 bits per heavy atom. The third kappa shape index (κ3) is 4.39. The monoisotopic (exact) mass is 416 g/mol. The first kappa shape index (κ1) is 19.8. The molecule has 0 saturated carbocycles. The number of aromatic nitrogens is 2. The van der Waals surface area contributed by atoms with Gasteiger partial charge in [-0.25, -0.2) is 9.78 Å². The fourth-order valence-electron chi connectivity index (χ4n) is 3.33. The summed E-state index contributed by atoms with van der Waals surface area (Å²) >= 11 is 1.59. The molecule has 0 fully saturated rings. The number of aromatic carboxylic acids is 1. The van der Waals surface area contributed by atoms with Crippen molar-refractivity contribution in [2.75, 3.05) is 0 Å². The summed E-state index contributed by atoms with van der Waals surface area (Å²) in [6, 6.07) is 18.3. The Morgan fingerprint density at radius 2 is 1.80 bits per heavy atom. The zero-order valence-corrected chi connectivity index (χ0v) is 17.2. The molecule has 0 radical (unpaired) electrons. The lowest BCUT2D eigenvalue weighted by Gasteiger charge is -2.07. The zero-order valence-electron chi connectivity index (χ0n) is 16.4. The van der Waals surface area contributed by atoms with E-state index in [-0.39, 0.29) is 17.8 Å². The first-order chi connectivity index (χ1) is 14.5. The molecule has 4 aromatic rings. The van der Waals surface area contributed by atoms with Crippen molar-refractivity contribution < 1.29 is 14.7 Å². The molecule has 0 amide bonds. The fourth-order valence-corrected chi connectivity index (χ4v) is 4.15. The number of aryl methyl sites for hydroxylation is 1. The maximum Gasteiger partial charge on any atom is 0.335 e. The van der Waals surface area contributed by atoms with Crippen LogP contribution in [-0.4, -0.2) is 26.4 Å². The number of carboxylic acids is 1. The van der Waals surface area contributed by atoms with Crippen LogP contribution in [0.2, 0.25) is 0 Å². The molecule has 0 aliphatic heterocycles. The number of benzene rings is 2. The number of nitrogens with zero attached hydrogens (tertiary/aromatic N) is 2. The molecule has 30 heavy (non-hydrogen) atoms. The Hall–Kier alpha value is -3.51. The molecule has 5 nitrogen and oxygen atoms in total. The summed E-state index contributed by atoms with van der Waals surface area (Å²) < 4.78 is 1.94. The highest BCUT2D eigenvalue weighted by molar-refractivity contribution is 7.13. The lowest BCUT2D eigenvalue weighted by Crippen LogP contribution is -2.12. The van der Waals surface area contributed by atoms with Gasteiger partial charge in [-0.05, 0) is 36.2 Å². The van der Waals surface area contributed by atoms with Crippen molar-refractivity contribution in [3.8, 4) is 10.6 Å². The van der Waals surface area contributed by atoms with Gasteiger partial charge in [0, 0.05) is 23.6 Å². The number of ketones is 1. The number of thiazole rings is 1. The van der Waals surface area contributed by atoms with E-state index in [1.165, 1.54) is 12.1 Å². The van der Waals surface area contributed by atoms with Gasteiger partial charge in [0.1, 0.15) is 5.01 Å². The number of carbonyl (C=O) groups excluding carboxylic acids is 1. The van der Waals surface area contributed by atoms with E-state index in [4.69, 9.17) is 10.1 Å². The van der Waals surface area contributed by atoms with Crippen LogP contribution in [0.3, 0.4) is 0 Å². The predicted octanol–water partition coefficient (Wildman–Crippen LogP) is 5.09. The third-order valence-electron chi connectivity index (χ3n) is 4.79. The van der Waals surface area contributed by atoms with Crippen LogP contribution < -0.4 is 0 Å². The summed E-state index contributed by atoms with van der Waals surface area (Å²) in [5.41, 5.74) is 4.63. The van der Waals surface area contributed by atoms with Crippen LogP contribution in [0.5, 0.6) is 0 Å². The summed E-state index contributed by atoms with van der Waals surface area (Å²) in [6.07, 6.45) is 2.18. The smallest absolute Gasteiger partial charge is 0.335 e. The Bertz CT molecular complexity index is 1190. The standard InChI is InChI=1S/C24H20N2O3S/c1-16-11-21(22(27)12-17-7-9-19(10-8-17)24(28)29)26(13-16)14-20-15-30-23(25-20)18-5-3-2-4-6-18/h2-11,13,15H,12,14H2,1H3,(H,28,29). The number of rotatable bonds is 7. The van der Waals surface area contributed by atoms with Crippen LogP contribution >= 0.6 is 11.3 Å². The maximum absolute atomic E-state index is 12.9. The van der Waals surface area contributed by atoms with Gasteiger partial charge >= 0.3 is 5.97 Å². The molecule has 0 aliphatic rings. The maximum atomic E-state index is 12.9. The van der Waals surface area contributed by atoms with Crippen molar-refractivity contribution in [2.24, 2.45) is 0 Å². The molecule has 6 heteroatoms. The second-order valence-corrected chi connectivity index (χ2v) is 8.00. The lowest BCUT2D eigenvalue weighted by molar-refractivity contribution is 0.0696. The highest BCUT2D eigenvalue weighted by Crippen LogP contribution is 2.24. The van der Waals surface area contributed by atoms with Crippen molar-refractivity contribution in [1.29, 1.82) is 0 Å². The van der Waals surface area contributed by atoms with E-state index < -0.39 is 5.97 Å². The Balaban J connectivity index is 1.52. The van der Waals surface area contributed by atoms with Gasteiger partial charge < -0.3 is 9.67 Å². The van der Waals surface area contributed by atoms with Crippen molar-refractivity contribution in [1.82, 2.24) is 9.55 Å². The summed E-state index contributed by atoms with van der Waals surface area (Å²) in [4.78, 5) is 28.6. The molecule has 2 aromatic heterocycles. The van der Waals surface area contributed by atoms with Crippen LogP contribution in [0.4, 0.5) is 0 Å². The second-order valence-electron chi connectivity index (χ2n) is 7.14. The molecule has 0 saturated heterocycles. The number of hydrogen-bond acceptors (Lipinski definition) is 4. The SMILES string of the molecule is Cc1cc(C(=O)Cc2ccc(C(=O)O)cc2)n(Cc2csc(-c3ccccc3)n2)c1. The minimum absolute atomic E-state index is 0.00955. The highest BCUT2D eigenvalue weighted by Gasteiger charge is 2.15. The number of Topliss-reactive ketones (excluding diaryl/α,β-unsaturated/α-hetero) is 1. The molecule has 0 unspecified atom stereocenters. The van der Waals surface area contributed by atoms with Crippen LogP contribution in [0, 0.1) is 6.92 Å². The van der Waals surface area contributed by atoms with Crippen molar-refractivity contribution in [3.63, 3.8) is 0 Å². The molecule has 2 aromatic carbocycles. The lowest BCUT2D eigenvalue weighted by atomic mass is 10.0. The normalized spacial score (nSPS) is 10.8. The molecule has 150 valence electrons. The summed E-state index contributed by atoms with van der Waals surface area (Å²) in [6.45, 7) is 2.49. The molecule has 0 bridgehead atoms. The first-order valence-corrected chi connectivity index (χ1v) is 10.4. The van der Waals surface area contributed by atoms with Gasteiger partial charge in [0.2, 0.25) is 0 Å². The van der Waals surface area contributed by atoms with Crippen molar-refractivity contribution in [3.05, 3.63) is 100 Å². The molecule has 2 heterocycles. The fraction of sp³-hybridized carbons (Fsp3) is 0.125. The van der Waals surface area contributed by atoms with E-state index in [9.17, 15) is 9.59 Å².